The van der Waals surface area contributed by atoms with Crippen LogP contribution in [0, 0.1) is 5.92 Å². The van der Waals surface area contributed by atoms with Gasteiger partial charge in [-0.05, 0) is 12.8 Å². The first-order chi connectivity index (χ1) is 10.3. The highest BCUT2D eigenvalue weighted by atomic mass is 19.4. The number of nitrogens with zero attached hydrogens (tertiary/aromatic N) is 4. The molecule has 6 nitrogen and oxygen atoms in total. The van der Waals surface area contributed by atoms with E-state index in [4.69, 9.17) is 0 Å². The van der Waals surface area contributed by atoms with E-state index in [1.54, 1.807) is 11.9 Å². The number of carbonyl (C=O) groups excluding carboxylic acids is 1. The van der Waals surface area contributed by atoms with E-state index in [2.05, 4.69) is 14.7 Å². The molecule has 1 amide bonds. The molecule has 2 aliphatic heterocycles. The molecule has 3 rings (SSSR count). The highest BCUT2D eigenvalue weighted by Crippen LogP contribution is 2.29. The van der Waals surface area contributed by atoms with Gasteiger partial charge in [0.1, 0.15) is 0 Å². The molecule has 0 N–H and O–H groups in total. The third-order valence-corrected chi connectivity index (χ3v) is 4.36. The lowest BCUT2D eigenvalue weighted by atomic mass is 9.99. The Kier molecular flexibility index (Phi) is 3.84. The molecule has 2 fully saturated rings. The van der Waals surface area contributed by atoms with Gasteiger partial charge in [0.15, 0.2) is 0 Å². The Morgan fingerprint density at radius 3 is 2.77 bits per heavy atom. The van der Waals surface area contributed by atoms with Crippen LogP contribution < -0.4 is 0 Å². The van der Waals surface area contributed by atoms with Gasteiger partial charge in [-0.2, -0.15) is 18.2 Å². The van der Waals surface area contributed by atoms with Gasteiger partial charge in [-0.1, -0.05) is 11.6 Å². The first-order valence-electron chi connectivity index (χ1n) is 7.23. The van der Waals surface area contributed by atoms with E-state index in [1.807, 2.05) is 4.90 Å². The van der Waals surface area contributed by atoms with Crippen molar-refractivity contribution in [2.75, 3.05) is 20.1 Å². The molecule has 3 heterocycles. The van der Waals surface area contributed by atoms with Gasteiger partial charge in [0.25, 0.3) is 5.82 Å². The molecule has 0 radical (unpaired) electrons. The molecule has 0 unspecified atom stereocenters. The molecule has 1 aromatic heterocycles. The molecule has 2 bridgehead atoms. The summed E-state index contributed by atoms with van der Waals surface area (Å²) in [5.41, 5.74) is 0. The van der Waals surface area contributed by atoms with E-state index in [9.17, 15) is 18.0 Å². The number of halogens is 3. The quantitative estimate of drug-likeness (QED) is 0.827. The van der Waals surface area contributed by atoms with E-state index >= 15 is 0 Å². The number of fused-ring (bicyclic) bond motifs is 3. The zero-order valence-electron chi connectivity index (χ0n) is 12.1. The first-order valence-corrected chi connectivity index (χ1v) is 7.23. The predicted octanol–water partition coefficient (Wildman–Crippen LogP) is 1.53. The minimum absolute atomic E-state index is 0.0672. The third kappa shape index (κ3) is 2.94. The molecular formula is C13H17F3N4O2. The highest BCUT2D eigenvalue weighted by Gasteiger charge is 2.39. The minimum Gasteiger partial charge on any atom is -0.341 e. The number of amides is 1. The zero-order chi connectivity index (χ0) is 15.9. The third-order valence-electron chi connectivity index (χ3n) is 4.36. The van der Waals surface area contributed by atoms with Crippen LogP contribution in [0.3, 0.4) is 0 Å². The molecule has 2 saturated heterocycles. The average molecular weight is 318 g/mol. The minimum atomic E-state index is -4.60. The van der Waals surface area contributed by atoms with E-state index in [0.29, 0.717) is 13.1 Å². The molecule has 9 heteroatoms. The standard InChI is InChI=1S/C13H17F3N4O2/c1-19-9-4-2-3-8(11(19)21)5-20(6-9)7-10-17-12(18-22-10)13(14,15)16/h8-9H,2-7H2,1H3/t8-,9+/m1/s1. The molecule has 22 heavy (non-hydrogen) atoms. The summed E-state index contributed by atoms with van der Waals surface area (Å²) in [6, 6.07) is 0.0880. The second-order valence-electron chi connectivity index (χ2n) is 5.93. The fourth-order valence-electron chi connectivity index (χ4n) is 3.21. The Morgan fingerprint density at radius 1 is 1.32 bits per heavy atom. The lowest BCUT2D eigenvalue weighted by Crippen LogP contribution is -2.40. The summed E-state index contributed by atoms with van der Waals surface area (Å²) in [4.78, 5) is 19.4. The molecule has 0 saturated carbocycles. The molecule has 0 aliphatic carbocycles. The monoisotopic (exact) mass is 318 g/mol. The van der Waals surface area contributed by atoms with Crippen LogP contribution in [-0.2, 0) is 17.5 Å². The number of hydrogen-bond donors (Lipinski definition) is 0. The predicted molar refractivity (Wildman–Crippen MR) is 68.5 cm³/mol. The van der Waals surface area contributed by atoms with Crippen molar-refractivity contribution in [2.24, 2.45) is 5.92 Å². The van der Waals surface area contributed by atoms with Crippen molar-refractivity contribution in [2.45, 2.75) is 38.0 Å². The van der Waals surface area contributed by atoms with Gasteiger partial charge < -0.3 is 9.42 Å². The van der Waals surface area contributed by atoms with Gasteiger partial charge in [-0.25, -0.2) is 0 Å². The van der Waals surface area contributed by atoms with E-state index < -0.39 is 12.0 Å². The lowest BCUT2D eigenvalue weighted by Gasteiger charge is -2.28. The van der Waals surface area contributed by atoms with Gasteiger partial charge in [-0.3, -0.25) is 9.69 Å². The van der Waals surface area contributed by atoms with Crippen LogP contribution in [0.2, 0.25) is 0 Å². The second kappa shape index (κ2) is 5.53. The number of carbonyl (C=O) groups is 1. The SMILES string of the molecule is CN1C(=O)[C@@H]2CCC[C@H]1CN(Cc1nc(C(F)(F)F)no1)C2. The Labute approximate surface area is 125 Å². The summed E-state index contributed by atoms with van der Waals surface area (Å²) in [6.07, 6.45) is -1.88. The van der Waals surface area contributed by atoms with Crippen molar-refractivity contribution < 1.29 is 22.5 Å². The van der Waals surface area contributed by atoms with Crippen molar-refractivity contribution in [3.05, 3.63) is 11.7 Å². The van der Waals surface area contributed by atoms with Gasteiger partial charge in [-0.15, -0.1) is 0 Å². The number of aromatic nitrogens is 2. The lowest BCUT2D eigenvalue weighted by molar-refractivity contribution is -0.146. The number of rotatable bonds is 2. The maximum atomic E-state index is 12.5. The topological polar surface area (TPSA) is 62.5 Å². The zero-order valence-corrected chi connectivity index (χ0v) is 12.1. The maximum Gasteiger partial charge on any atom is 0.455 e. The highest BCUT2D eigenvalue weighted by molar-refractivity contribution is 5.79. The fraction of sp³-hybridized carbons (Fsp3) is 0.769. The summed E-state index contributed by atoms with van der Waals surface area (Å²) in [7, 11) is 1.79. The number of likely N-dealkylation sites (tertiary alicyclic amines) is 1. The Balaban J connectivity index is 1.73. The van der Waals surface area contributed by atoms with E-state index in [0.717, 1.165) is 19.3 Å². The van der Waals surface area contributed by atoms with E-state index in [-0.39, 0.29) is 30.3 Å². The van der Waals surface area contributed by atoms with Crippen LogP contribution >= 0.6 is 0 Å². The largest absolute Gasteiger partial charge is 0.455 e. The number of likely N-dealkylation sites (N-methyl/N-ethyl adjacent to an activating group) is 1. The summed E-state index contributed by atoms with van der Waals surface area (Å²) >= 11 is 0. The molecule has 1 aromatic rings. The van der Waals surface area contributed by atoms with Crippen LogP contribution in [0.4, 0.5) is 13.2 Å². The average Bonchev–Trinajstić information content (AvgIpc) is 2.80. The maximum absolute atomic E-state index is 12.5. The fourth-order valence-corrected chi connectivity index (χ4v) is 3.21. The first kappa shape index (κ1) is 15.3. The summed E-state index contributed by atoms with van der Waals surface area (Å²) in [5, 5.41) is 2.96. The Bertz CT molecular complexity index is 560. The molecule has 122 valence electrons. The normalized spacial score (nSPS) is 27.1. The van der Waals surface area contributed by atoms with Gasteiger partial charge in [0.05, 0.1) is 12.5 Å². The van der Waals surface area contributed by atoms with Crippen LogP contribution in [-0.4, -0.2) is 52.0 Å². The molecule has 0 spiro atoms. The summed E-state index contributed by atoms with van der Waals surface area (Å²) in [6.45, 7) is 1.27. The van der Waals surface area contributed by atoms with Crippen molar-refractivity contribution in [3.63, 3.8) is 0 Å². The van der Waals surface area contributed by atoms with Gasteiger partial charge >= 0.3 is 6.18 Å². The van der Waals surface area contributed by atoms with Crippen LogP contribution in [0.1, 0.15) is 31.0 Å². The van der Waals surface area contributed by atoms with E-state index in [1.165, 1.54) is 0 Å². The molecule has 2 aliphatic rings. The van der Waals surface area contributed by atoms with Crippen molar-refractivity contribution in [1.82, 2.24) is 19.9 Å². The second-order valence-corrected chi connectivity index (χ2v) is 5.93. The molecule has 2 atom stereocenters. The summed E-state index contributed by atoms with van der Waals surface area (Å²) in [5.74, 6) is -1.32. The number of hydrogen-bond acceptors (Lipinski definition) is 5. The van der Waals surface area contributed by atoms with Gasteiger partial charge in [0, 0.05) is 26.2 Å². The Morgan fingerprint density at radius 2 is 2.09 bits per heavy atom. The number of alkyl halides is 3. The van der Waals surface area contributed by atoms with Crippen LogP contribution in [0.25, 0.3) is 0 Å². The van der Waals surface area contributed by atoms with Crippen molar-refractivity contribution >= 4 is 5.91 Å². The molecule has 0 aromatic carbocycles. The van der Waals surface area contributed by atoms with Crippen LogP contribution in [0.15, 0.2) is 4.52 Å². The smallest absolute Gasteiger partial charge is 0.341 e. The Hall–Kier alpha value is -1.64. The van der Waals surface area contributed by atoms with Crippen LogP contribution in [0.5, 0.6) is 0 Å². The van der Waals surface area contributed by atoms with Gasteiger partial charge in [0.2, 0.25) is 11.8 Å². The van der Waals surface area contributed by atoms with Crippen molar-refractivity contribution in [3.8, 4) is 0 Å². The van der Waals surface area contributed by atoms with Crippen molar-refractivity contribution in [1.29, 1.82) is 0 Å². The molecular weight excluding hydrogens is 301 g/mol. The summed E-state index contributed by atoms with van der Waals surface area (Å²) < 4.78 is 42.1.